The van der Waals surface area contributed by atoms with Gasteiger partial charge in [-0.1, -0.05) is 23.7 Å². The van der Waals surface area contributed by atoms with Gasteiger partial charge in [0.1, 0.15) is 5.60 Å². The van der Waals surface area contributed by atoms with Crippen molar-refractivity contribution in [3.05, 3.63) is 34.9 Å². The van der Waals surface area contributed by atoms with Crippen LogP contribution >= 0.6 is 11.6 Å². The molecule has 1 N–H and O–H groups in total. The summed E-state index contributed by atoms with van der Waals surface area (Å²) in [6, 6.07) is 5.44. The topological polar surface area (TPSA) is 41.6 Å². The third kappa shape index (κ3) is 3.95. The van der Waals surface area contributed by atoms with E-state index < -0.39 is 30.0 Å². The largest absolute Gasteiger partial charge is 0.444 e. The van der Waals surface area contributed by atoms with Gasteiger partial charge in [-0.2, -0.15) is 13.2 Å². The molecule has 24 heavy (non-hydrogen) atoms. The minimum atomic E-state index is -4.60. The summed E-state index contributed by atoms with van der Waals surface area (Å²) in [6.45, 7) is 4.59. The average Bonchev–Trinajstić information content (AvgIpc) is 2.45. The van der Waals surface area contributed by atoms with E-state index in [0.29, 0.717) is 5.02 Å². The second-order valence-corrected chi connectivity index (χ2v) is 7.18. The monoisotopic (exact) mass is 364 g/mol. The highest BCUT2D eigenvalue weighted by Crippen LogP contribution is 2.41. The molecule has 0 aliphatic carbocycles. The summed E-state index contributed by atoms with van der Waals surface area (Å²) in [5, 5.41) is 2.88. The van der Waals surface area contributed by atoms with Crippen LogP contribution in [0.15, 0.2) is 24.3 Å². The van der Waals surface area contributed by atoms with E-state index in [-0.39, 0.29) is 18.7 Å². The number of carbonyl (C=O) groups excluding carboxylic acids is 1. The number of halogens is 4. The van der Waals surface area contributed by atoms with Crippen molar-refractivity contribution in [2.75, 3.05) is 19.6 Å². The van der Waals surface area contributed by atoms with Gasteiger partial charge in [0.05, 0.1) is 6.54 Å². The van der Waals surface area contributed by atoms with E-state index in [2.05, 4.69) is 5.32 Å². The standard InChI is InChI=1S/C16H20ClF3N2O2/c1-14(2,3)24-13(23)22-9-8-21-15(10-22,16(18,19)20)11-4-6-12(17)7-5-11/h4-7,21H,8-10H2,1-3H3/t15-/m1/s1. The highest BCUT2D eigenvalue weighted by Gasteiger charge is 2.58. The maximum absolute atomic E-state index is 13.9. The van der Waals surface area contributed by atoms with Crippen molar-refractivity contribution in [3.8, 4) is 0 Å². The number of hydrogen-bond acceptors (Lipinski definition) is 3. The Morgan fingerprint density at radius 2 is 1.83 bits per heavy atom. The first-order valence-electron chi connectivity index (χ1n) is 7.50. The third-order valence-corrected chi connectivity index (χ3v) is 3.96. The van der Waals surface area contributed by atoms with Crippen LogP contribution in [0.5, 0.6) is 0 Å². The van der Waals surface area contributed by atoms with Gasteiger partial charge in [-0.3, -0.25) is 5.32 Å². The molecule has 0 aromatic heterocycles. The molecule has 8 heteroatoms. The first-order chi connectivity index (χ1) is 10.9. The predicted molar refractivity (Wildman–Crippen MR) is 85.0 cm³/mol. The van der Waals surface area contributed by atoms with Crippen LogP contribution in [0.25, 0.3) is 0 Å². The quantitative estimate of drug-likeness (QED) is 0.820. The molecule has 1 aliphatic rings. The van der Waals surface area contributed by atoms with Gasteiger partial charge in [0, 0.05) is 18.1 Å². The summed E-state index contributed by atoms with van der Waals surface area (Å²) >= 11 is 5.78. The van der Waals surface area contributed by atoms with E-state index in [1.54, 1.807) is 20.8 Å². The zero-order valence-electron chi connectivity index (χ0n) is 13.7. The fourth-order valence-electron chi connectivity index (χ4n) is 2.59. The molecule has 1 aromatic rings. The minimum Gasteiger partial charge on any atom is -0.444 e. The van der Waals surface area contributed by atoms with Crippen LogP contribution in [0.1, 0.15) is 26.3 Å². The molecule has 0 unspecified atom stereocenters. The van der Waals surface area contributed by atoms with Crippen LogP contribution < -0.4 is 5.32 Å². The normalized spacial score (nSPS) is 22.4. The highest BCUT2D eigenvalue weighted by molar-refractivity contribution is 6.30. The first-order valence-corrected chi connectivity index (χ1v) is 7.88. The summed E-state index contributed by atoms with van der Waals surface area (Å²) in [5.41, 5.74) is -3.12. The summed E-state index contributed by atoms with van der Waals surface area (Å²) < 4.78 is 46.9. The van der Waals surface area contributed by atoms with Gasteiger partial charge in [0.2, 0.25) is 0 Å². The van der Waals surface area contributed by atoms with Crippen LogP contribution in [0, 0.1) is 0 Å². The van der Waals surface area contributed by atoms with E-state index >= 15 is 0 Å². The fourth-order valence-corrected chi connectivity index (χ4v) is 2.72. The van der Waals surface area contributed by atoms with Crippen molar-refractivity contribution in [1.29, 1.82) is 0 Å². The number of piperazine rings is 1. The molecule has 1 aliphatic heterocycles. The molecule has 1 aromatic carbocycles. The Labute approximate surface area is 143 Å². The predicted octanol–water partition coefficient (Wildman–Crippen LogP) is 3.94. The lowest BCUT2D eigenvalue weighted by Gasteiger charge is -2.44. The molecule has 1 amide bonds. The van der Waals surface area contributed by atoms with Crippen molar-refractivity contribution in [3.63, 3.8) is 0 Å². The van der Waals surface area contributed by atoms with Crippen LogP contribution in [-0.2, 0) is 10.3 Å². The lowest BCUT2D eigenvalue weighted by molar-refractivity contribution is -0.210. The van der Waals surface area contributed by atoms with Gasteiger partial charge in [-0.15, -0.1) is 0 Å². The Morgan fingerprint density at radius 3 is 2.33 bits per heavy atom. The SMILES string of the molecule is CC(C)(C)OC(=O)N1CCN[C@](c2ccc(Cl)cc2)(C(F)(F)F)C1. The number of amides is 1. The molecule has 0 radical (unpaired) electrons. The van der Waals surface area contributed by atoms with E-state index in [4.69, 9.17) is 16.3 Å². The van der Waals surface area contributed by atoms with Gasteiger partial charge in [0.25, 0.3) is 0 Å². The number of ether oxygens (including phenoxy) is 1. The smallest absolute Gasteiger partial charge is 0.412 e. The molecule has 1 fully saturated rings. The molecule has 0 bridgehead atoms. The molecule has 1 atom stereocenters. The molecular weight excluding hydrogens is 345 g/mol. The Hall–Kier alpha value is -1.47. The van der Waals surface area contributed by atoms with Crippen molar-refractivity contribution in [1.82, 2.24) is 10.2 Å². The number of hydrogen-bond donors (Lipinski definition) is 1. The Kier molecular flexibility index (Phi) is 5.06. The Bertz CT molecular complexity index is 599. The molecule has 1 heterocycles. The summed E-state index contributed by atoms with van der Waals surface area (Å²) in [4.78, 5) is 13.3. The maximum Gasteiger partial charge on any atom is 0.412 e. The number of alkyl halides is 3. The van der Waals surface area contributed by atoms with Crippen molar-refractivity contribution >= 4 is 17.7 Å². The molecule has 0 saturated carbocycles. The lowest BCUT2D eigenvalue weighted by atomic mass is 9.87. The molecule has 2 rings (SSSR count). The molecule has 134 valence electrons. The van der Waals surface area contributed by atoms with Gasteiger partial charge in [0.15, 0.2) is 5.54 Å². The summed E-state index contributed by atoms with van der Waals surface area (Å²) in [5.74, 6) is 0. The average molecular weight is 365 g/mol. The number of carbonyl (C=O) groups is 1. The summed E-state index contributed by atoms with van der Waals surface area (Å²) in [6.07, 6.45) is -5.35. The van der Waals surface area contributed by atoms with E-state index in [9.17, 15) is 18.0 Å². The van der Waals surface area contributed by atoms with Crippen LogP contribution in [0.3, 0.4) is 0 Å². The van der Waals surface area contributed by atoms with Crippen LogP contribution in [-0.4, -0.2) is 42.4 Å². The lowest BCUT2D eigenvalue weighted by Crippen LogP contribution is -2.66. The zero-order chi connectivity index (χ0) is 18.2. The minimum absolute atomic E-state index is 0.00137. The van der Waals surface area contributed by atoms with Crippen molar-refractivity contribution in [2.45, 2.75) is 38.1 Å². The fraction of sp³-hybridized carbons (Fsp3) is 0.562. The highest BCUT2D eigenvalue weighted by atomic mass is 35.5. The zero-order valence-corrected chi connectivity index (χ0v) is 14.5. The first kappa shape index (κ1) is 18.9. The maximum atomic E-state index is 13.9. The van der Waals surface area contributed by atoms with Crippen LogP contribution in [0.4, 0.5) is 18.0 Å². The van der Waals surface area contributed by atoms with Gasteiger partial charge < -0.3 is 9.64 Å². The molecule has 1 saturated heterocycles. The Balaban J connectivity index is 2.35. The third-order valence-electron chi connectivity index (χ3n) is 3.71. The second kappa shape index (κ2) is 6.44. The van der Waals surface area contributed by atoms with E-state index in [1.807, 2.05) is 0 Å². The number of nitrogens with zero attached hydrogens (tertiary/aromatic N) is 1. The number of benzene rings is 1. The molecular formula is C16H20ClF3N2O2. The second-order valence-electron chi connectivity index (χ2n) is 6.74. The Morgan fingerprint density at radius 1 is 1.25 bits per heavy atom. The number of rotatable bonds is 1. The van der Waals surface area contributed by atoms with Crippen molar-refractivity contribution < 1.29 is 22.7 Å². The molecule has 0 spiro atoms. The van der Waals surface area contributed by atoms with Gasteiger partial charge in [-0.25, -0.2) is 4.79 Å². The van der Waals surface area contributed by atoms with E-state index in [1.165, 1.54) is 24.3 Å². The van der Waals surface area contributed by atoms with Gasteiger partial charge >= 0.3 is 12.3 Å². The van der Waals surface area contributed by atoms with Crippen LogP contribution in [0.2, 0.25) is 5.02 Å². The van der Waals surface area contributed by atoms with E-state index in [0.717, 1.165) is 4.90 Å². The molecule has 4 nitrogen and oxygen atoms in total. The number of nitrogens with one attached hydrogen (secondary N) is 1. The van der Waals surface area contributed by atoms with Crippen molar-refractivity contribution in [2.24, 2.45) is 0 Å². The van der Waals surface area contributed by atoms with Gasteiger partial charge in [-0.05, 0) is 38.5 Å². The summed E-state index contributed by atoms with van der Waals surface area (Å²) in [7, 11) is 0.